The number of amides is 1. The minimum absolute atomic E-state index is 0.0214. The van der Waals surface area contributed by atoms with E-state index in [1.807, 2.05) is 0 Å². The third-order valence-electron chi connectivity index (χ3n) is 4.09. The second-order valence-corrected chi connectivity index (χ2v) is 5.88. The molecule has 1 N–H and O–H groups in total. The third-order valence-corrected chi connectivity index (χ3v) is 4.09. The van der Waals surface area contributed by atoms with Gasteiger partial charge < -0.3 is 14.6 Å². The number of para-hydroxylation sites is 1. The number of fused-ring (bicyclic) bond motifs is 1. The van der Waals surface area contributed by atoms with E-state index < -0.39 is 5.82 Å². The maximum Gasteiger partial charge on any atom is 0.322 e. The average Bonchev–Trinajstić information content (AvgIpc) is 3.09. The summed E-state index contributed by atoms with van der Waals surface area (Å²) in [6.45, 7) is 0. The first-order valence-corrected chi connectivity index (χ1v) is 8.24. The highest BCUT2D eigenvalue weighted by Crippen LogP contribution is 2.25. The molecule has 0 atom stereocenters. The SMILES string of the molecule is O=C(Nc1cnc(Oc2ccccc2F)nc1)c1noc2c1CCCC2. The summed E-state index contributed by atoms with van der Waals surface area (Å²) < 4.78 is 24.1. The number of carbonyl (C=O) groups is 1. The van der Waals surface area contributed by atoms with Gasteiger partial charge in [0.05, 0.1) is 18.1 Å². The van der Waals surface area contributed by atoms with Crippen LogP contribution in [0.25, 0.3) is 0 Å². The Morgan fingerprint density at radius 2 is 1.92 bits per heavy atom. The van der Waals surface area contributed by atoms with Crippen molar-refractivity contribution < 1.29 is 18.4 Å². The summed E-state index contributed by atoms with van der Waals surface area (Å²) in [7, 11) is 0. The molecular formula is C18H15FN4O3. The zero-order chi connectivity index (χ0) is 17.9. The number of nitrogens with zero attached hydrogens (tertiary/aromatic N) is 3. The van der Waals surface area contributed by atoms with Gasteiger partial charge in [0.2, 0.25) is 0 Å². The topological polar surface area (TPSA) is 90.1 Å². The van der Waals surface area contributed by atoms with Crippen LogP contribution in [0.1, 0.15) is 34.7 Å². The molecule has 1 aromatic carbocycles. The van der Waals surface area contributed by atoms with E-state index >= 15 is 0 Å². The lowest BCUT2D eigenvalue weighted by atomic mass is 9.96. The number of ether oxygens (including phenoxy) is 1. The van der Waals surface area contributed by atoms with Crippen LogP contribution >= 0.6 is 0 Å². The molecule has 0 radical (unpaired) electrons. The monoisotopic (exact) mass is 354 g/mol. The number of halogens is 1. The highest BCUT2D eigenvalue weighted by Gasteiger charge is 2.24. The zero-order valence-corrected chi connectivity index (χ0v) is 13.7. The molecule has 7 nitrogen and oxygen atoms in total. The van der Waals surface area contributed by atoms with E-state index in [0.717, 1.165) is 37.0 Å². The molecule has 0 unspecified atom stereocenters. The number of carbonyl (C=O) groups excluding carboxylic acids is 1. The van der Waals surface area contributed by atoms with Gasteiger partial charge in [-0.3, -0.25) is 4.79 Å². The van der Waals surface area contributed by atoms with Crippen molar-refractivity contribution in [1.82, 2.24) is 15.1 Å². The lowest BCUT2D eigenvalue weighted by Crippen LogP contribution is -2.16. The van der Waals surface area contributed by atoms with Crippen LogP contribution in [0.4, 0.5) is 10.1 Å². The predicted octanol–water partition coefficient (Wildman–Crippen LogP) is 3.53. The summed E-state index contributed by atoms with van der Waals surface area (Å²) in [5.41, 5.74) is 1.55. The van der Waals surface area contributed by atoms with Gasteiger partial charge in [-0.05, 0) is 31.4 Å². The Morgan fingerprint density at radius 1 is 1.15 bits per heavy atom. The van der Waals surface area contributed by atoms with Crippen molar-refractivity contribution in [2.45, 2.75) is 25.7 Å². The van der Waals surface area contributed by atoms with E-state index in [1.54, 1.807) is 12.1 Å². The zero-order valence-electron chi connectivity index (χ0n) is 13.7. The lowest BCUT2D eigenvalue weighted by molar-refractivity contribution is 0.101. The fraction of sp³-hybridized carbons (Fsp3) is 0.222. The van der Waals surface area contributed by atoms with Gasteiger partial charge in [-0.1, -0.05) is 17.3 Å². The number of aromatic nitrogens is 3. The molecule has 0 saturated carbocycles. The molecule has 1 amide bonds. The summed E-state index contributed by atoms with van der Waals surface area (Å²) in [4.78, 5) is 20.4. The van der Waals surface area contributed by atoms with Crippen molar-refractivity contribution in [3.8, 4) is 11.8 Å². The molecule has 1 aliphatic rings. The van der Waals surface area contributed by atoms with Gasteiger partial charge in [0, 0.05) is 12.0 Å². The van der Waals surface area contributed by atoms with Gasteiger partial charge >= 0.3 is 6.01 Å². The predicted molar refractivity (Wildman–Crippen MR) is 89.6 cm³/mol. The Labute approximate surface area is 148 Å². The molecule has 0 bridgehead atoms. The summed E-state index contributed by atoms with van der Waals surface area (Å²) in [6, 6.07) is 5.94. The Morgan fingerprint density at radius 3 is 2.73 bits per heavy atom. The highest BCUT2D eigenvalue weighted by molar-refractivity contribution is 6.03. The van der Waals surface area contributed by atoms with E-state index in [9.17, 15) is 9.18 Å². The third kappa shape index (κ3) is 3.26. The number of benzene rings is 1. The smallest absolute Gasteiger partial charge is 0.322 e. The maximum atomic E-state index is 13.6. The quantitative estimate of drug-likeness (QED) is 0.771. The Balaban J connectivity index is 1.45. The van der Waals surface area contributed by atoms with Crippen molar-refractivity contribution in [2.75, 3.05) is 5.32 Å². The van der Waals surface area contributed by atoms with Crippen molar-refractivity contribution in [3.63, 3.8) is 0 Å². The fourth-order valence-corrected chi connectivity index (χ4v) is 2.81. The number of hydrogen-bond acceptors (Lipinski definition) is 6. The molecule has 1 aliphatic carbocycles. The molecule has 132 valence electrons. The van der Waals surface area contributed by atoms with Crippen LogP contribution in [0.2, 0.25) is 0 Å². The molecule has 0 spiro atoms. The summed E-state index contributed by atoms with van der Waals surface area (Å²) in [6.07, 6.45) is 6.41. The van der Waals surface area contributed by atoms with E-state index in [2.05, 4.69) is 20.4 Å². The van der Waals surface area contributed by atoms with Gasteiger partial charge in [0.1, 0.15) is 5.76 Å². The molecule has 0 aliphatic heterocycles. The minimum Gasteiger partial charge on any atom is -0.421 e. The molecule has 2 heterocycles. The minimum atomic E-state index is -0.510. The van der Waals surface area contributed by atoms with Crippen LogP contribution in [-0.4, -0.2) is 21.0 Å². The van der Waals surface area contributed by atoms with Crippen molar-refractivity contribution in [1.29, 1.82) is 0 Å². The molecule has 8 heteroatoms. The molecule has 0 fully saturated rings. The van der Waals surface area contributed by atoms with Crippen molar-refractivity contribution in [2.24, 2.45) is 0 Å². The summed E-state index contributed by atoms with van der Waals surface area (Å²) in [5.74, 6) is -0.0719. The Hall–Kier alpha value is -3.29. The molecular weight excluding hydrogens is 339 g/mol. The van der Waals surface area contributed by atoms with Gasteiger partial charge in [-0.2, -0.15) is 0 Å². The van der Waals surface area contributed by atoms with Crippen molar-refractivity contribution in [3.05, 3.63) is 59.5 Å². The summed E-state index contributed by atoms with van der Waals surface area (Å²) in [5, 5.41) is 6.56. The number of nitrogens with one attached hydrogen (secondary N) is 1. The first-order valence-electron chi connectivity index (χ1n) is 8.24. The first-order chi connectivity index (χ1) is 12.7. The Bertz CT molecular complexity index is 940. The fourth-order valence-electron chi connectivity index (χ4n) is 2.81. The van der Waals surface area contributed by atoms with Gasteiger partial charge in [-0.25, -0.2) is 14.4 Å². The number of rotatable bonds is 4. The molecule has 3 aromatic rings. The van der Waals surface area contributed by atoms with Crippen LogP contribution in [-0.2, 0) is 12.8 Å². The normalized spacial score (nSPS) is 13.1. The number of anilines is 1. The van der Waals surface area contributed by atoms with Crippen LogP contribution in [0.5, 0.6) is 11.8 Å². The van der Waals surface area contributed by atoms with Crippen LogP contribution < -0.4 is 10.1 Å². The second-order valence-electron chi connectivity index (χ2n) is 5.88. The maximum absolute atomic E-state index is 13.6. The van der Waals surface area contributed by atoms with Gasteiger partial charge in [0.15, 0.2) is 17.3 Å². The van der Waals surface area contributed by atoms with E-state index in [0.29, 0.717) is 11.4 Å². The van der Waals surface area contributed by atoms with Crippen LogP contribution in [0.15, 0.2) is 41.2 Å². The Kier molecular flexibility index (Phi) is 4.30. The standard InChI is InChI=1S/C18H15FN4O3/c19-13-6-2-4-8-15(13)25-18-20-9-11(10-21-18)22-17(24)16-12-5-1-3-7-14(12)26-23-16/h2,4,6,8-10H,1,3,5,7H2,(H,22,24). The van der Waals surface area contributed by atoms with Gasteiger partial charge in [-0.15, -0.1) is 0 Å². The number of hydrogen-bond donors (Lipinski definition) is 1. The molecule has 0 saturated heterocycles. The molecule has 26 heavy (non-hydrogen) atoms. The van der Waals surface area contributed by atoms with Gasteiger partial charge in [0.25, 0.3) is 5.91 Å². The molecule has 2 aromatic heterocycles. The number of aryl methyl sites for hydroxylation is 1. The molecule has 4 rings (SSSR count). The average molecular weight is 354 g/mol. The second kappa shape index (κ2) is 6.91. The van der Waals surface area contributed by atoms with Crippen molar-refractivity contribution >= 4 is 11.6 Å². The van der Waals surface area contributed by atoms with Crippen LogP contribution in [0.3, 0.4) is 0 Å². The highest BCUT2D eigenvalue weighted by atomic mass is 19.1. The largest absolute Gasteiger partial charge is 0.421 e. The van der Waals surface area contributed by atoms with Crippen LogP contribution in [0, 0.1) is 5.82 Å². The first kappa shape index (κ1) is 16.2. The lowest BCUT2D eigenvalue weighted by Gasteiger charge is -2.09. The van der Waals surface area contributed by atoms with E-state index in [-0.39, 0.29) is 17.7 Å². The summed E-state index contributed by atoms with van der Waals surface area (Å²) >= 11 is 0. The van der Waals surface area contributed by atoms with E-state index in [1.165, 1.54) is 24.5 Å². The van der Waals surface area contributed by atoms with E-state index in [4.69, 9.17) is 9.26 Å².